The van der Waals surface area contributed by atoms with E-state index in [-0.39, 0.29) is 24.3 Å². The second-order valence-corrected chi connectivity index (χ2v) is 11.5. The molecule has 2 aliphatic carbocycles. The molecule has 0 radical (unpaired) electrons. The zero-order chi connectivity index (χ0) is 27.1. The zero-order valence-electron chi connectivity index (χ0n) is 21.8. The summed E-state index contributed by atoms with van der Waals surface area (Å²) in [5.74, 6) is 0.185. The lowest BCUT2D eigenvalue weighted by molar-refractivity contribution is -0.143. The van der Waals surface area contributed by atoms with Crippen LogP contribution in [0.25, 0.3) is 5.69 Å². The van der Waals surface area contributed by atoms with Gasteiger partial charge in [-0.15, -0.1) is 5.10 Å². The van der Waals surface area contributed by atoms with Crippen LogP contribution < -0.4 is 4.90 Å². The van der Waals surface area contributed by atoms with E-state index in [1.807, 2.05) is 12.1 Å². The number of carbonyl (C=O) groups is 1. The molecule has 1 aliphatic heterocycles. The van der Waals surface area contributed by atoms with E-state index >= 15 is 0 Å². The van der Waals surface area contributed by atoms with E-state index in [9.17, 15) is 9.18 Å². The molecule has 3 aliphatic rings. The molecule has 3 aromatic rings. The summed E-state index contributed by atoms with van der Waals surface area (Å²) < 4.78 is 28.0. The molecule has 2 bridgehead atoms. The smallest absolute Gasteiger partial charge is 0.306 e. The van der Waals surface area contributed by atoms with Crippen molar-refractivity contribution >= 4 is 34.9 Å². The highest BCUT2D eigenvalue weighted by molar-refractivity contribution is 6.37. The van der Waals surface area contributed by atoms with Gasteiger partial charge in [0.25, 0.3) is 0 Å². The highest BCUT2D eigenvalue weighted by Gasteiger charge is 2.45. The first kappa shape index (κ1) is 26.5. The molecule has 206 valence electrons. The van der Waals surface area contributed by atoms with E-state index in [0.717, 1.165) is 49.3 Å². The summed E-state index contributed by atoms with van der Waals surface area (Å²) in [4.78, 5) is 13.9. The quantitative estimate of drug-likeness (QED) is 0.267. The van der Waals surface area contributed by atoms with Crippen LogP contribution in [0, 0.1) is 11.7 Å². The van der Waals surface area contributed by atoms with Gasteiger partial charge in [0.05, 0.1) is 40.8 Å². The fourth-order valence-electron chi connectivity index (χ4n) is 5.99. The minimum Gasteiger partial charge on any atom is -0.466 e. The minimum absolute atomic E-state index is 0.108. The number of ether oxygens (including phenoxy) is 2. The second-order valence-electron chi connectivity index (χ2n) is 10.6. The standard InChI is InChI=1S/C29H31Cl2FN4O3/c1-2-38-27(37)11-9-17-8-10-20(13-24(17)32)35-15-19-12-21(35)14-26(19)39-16-25-28(18-6-7-18)33-34-36(25)29-22(30)4-3-5-23(29)31/h3-5,8,10,13,18-19,21,26H,2,6-7,9,11-12,14-16H2,1H3/t19-,21-,26+/m0/s1. The minimum atomic E-state index is -0.304. The molecule has 0 spiro atoms. The summed E-state index contributed by atoms with van der Waals surface area (Å²) in [7, 11) is 0. The molecule has 0 unspecified atom stereocenters. The number of hydrogen-bond acceptors (Lipinski definition) is 6. The van der Waals surface area contributed by atoms with Gasteiger partial charge in [-0.05, 0) is 68.9 Å². The molecular formula is C29H31Cl2FN4O3. The predicted molar refractivity (Wildman–Crippen MR) is 147 cm³/mol. The first-order valence-electron chi connectivity index (χ1n) is 13.6. The fraction of sp³-hybridized carbons (Fsp3) is 0.483. The lowest BCUT2D eigenvalue weighted by atomic mass is 10.0. The van der Waals surface area contributed by atoms with Gasteiger partial charge in [0, 0.05) is 36.5 Å². The normalized spacial score (nSPS) is 22.1. The molecule has 2 heterocycles. The molecule has 1 aromatic heterocycles. The molecule has 0 N–H and O–H groups in total. The number of carbonyl (C=O) groups excluding carboxylic acids is 1. The van der Waals surface area contributed by atoms with Crippen molar-refractivity contribution in [1.29, 1.82) is 0 Å². The van der Waals surface area contributed by atoms with Crippen molar-refractivity contribution in [3.05, 3.63) is 69.2 Å². The van der Waals surface area contributed by atoms with Gasteiger partial charge in [0.1, 0.15) is 11.5 Å². The van der Waals surface area contributed by atoms with E-state index in [0.29, 0.717) is 58.8 Å². The van der Waals surface area contributed by atoms with Crippen LogP contribution >= 0.6 is 23.2 Å². The third-order valence-electron chi connectivity index (χ3n) is 8.09. The Labute approximate surface area is 237 Å². The molecule has 39 heavy (non-hydrogen) atoms. The number of fused-ring (bicyclic) bond motifs is 2. The summed E-state index contributed by atoms with van der Waals surface area (Å²) >= 11 is 13.0. The molecule has 2 aromatic carbocycles. The number of esters is 1. The average molecular weight is 573 g/mol. The monoisotopic (exact) mass is 572 g/mol. The van der Waals surface area contributed by atoms with Crippen LogP contribution in [0.2, 0.25) is 10.0 Å². The number of hydrogen-bond donors (Lipinski definition) is 0. The summed E-state index contributed by atoms with van der Waals surface area (Å²) in [6.45, 7) is 3.31. The van der Waals surface area contributed by atoms with Gasteiger partial charge >= 0.3 is 5.97 Å². The Balaban J connectivity index is 1.11. The Morgan fingerprint density at radius 2 is 1.95 bits per heavy atom. The van der Waals surface area contributed by atoms with Crippen molar-refractivity contribution in [2.24, 2.45) is 5.92 Å². The van der Waals surface area contributed by atoms with Crippen molar-refractivity contribution in [3.8, 4) is 5.69 Å². The summed E-state index contributed by atoms with van der Waals surface area (Å²) in [6, 6.07) is 11.0. The van der Waals surface area contributed by atoms with Gasteiger partial charge in [-0.1, -0.05) is 40.5 Å². The zero-order valence-corrected chi connectivity index (χ0v) is 23.3. The van der Waals surface area contributed by atoms with Crippen molar-refractivity contribution in [2.75, 3.05) is 18.1 Å². The van der Waals surface area contributed by atoms with Crippen LogP contribution in [0.3, 0.4) is 0 Å². The highest BCUT2D eigenvalue weighted by Crippen LogP contribution is 2.44. The van der Waals surface area contributed by atoms with Crippen LogP contribution in [-0.4, -0.2) is 46.3 Å². The number of benzene rings is 2. The Bertz CT molecular complexity index is 1360. The number of anilines is 1. The van der Waals surface area contributed by atoms with Crippen LogP contribution in [0.15, 0.2) is 36.4 Å². The van der Waals surface area contributed by atoms with Crippen LogP contribution in [0.4, 0.5) is 10.1 Å². The number of aromatic nitrogens is 3. The molecule has 2 saturated carbocycles. The molecule has 1 saturated heterocycles. The van der Waals surface area contributed by atoms with Crippen molar-refractivity contribution in [3.63, 3.8) is 0 Å². The summed E-state index contributed by atoms with van der Waals surface area (Å²) in [5, 5.41) is 9.92. The number of para-hydroxylation sites is 1. The topological polar surface area (TPSA) is 69.5 Å². The Kier molecular flexibility index (Phi) is 7.53. The second kappa shape index (κ2) is 11.1. The third kappa shape index (κ3) is 5.39. The average Bonchev–Trinajstić information content (AvgIpc) is 3.36. The SMILES string of the molecule is CCOC(=O)CCc1ccc(N2C[C@@H]3C[C@H]2C[C@H]3OCc2c(C3CC3)nnn2-c2c(Cl)cccc2Cl)cc1F. The molecule has 0 amide bonds. The third-order valence-corrected chi connectivity index (χ3v) is 8.70. The maximum absolute atomic E-state index is 14.8. The molecule has 7 nitrogen and oxygen atoms in total. The number of rotatable bonds is 10. The molecule has 3 atom stereocenters. The van der Waals surface area contributed by atoms with Gasteiger partial charge < -0.3 is 14.4 Å². The van der Waals surface area contributed by atoms with Crippen molar-refractivity contribution < 1.29 is 18.7 Å². The fourth-order valence-corrected chi connectivity index (χ4v) is 6.55. The van der Waals surface area contributed by atoms with Crippen molar-refractivity contribution in [2.45, 2.75) is 70.1 Å². The Hall–Kier alpha value is -2.68. The summed E-state index contributed by atoms with van der Waals surface area (Å²) in [6.07, 6.45) is 4.71. The predicted octanol–water partition coefficient (Wildman–Crippen LogP) is 6.27. The Morgan fingerprint density at radius 3 is 2.62 bits per heavy atom. The maximum Gasteiger partial charge on any atom is 0.306 e. The lowest BCUT2D eigenvalue weighted by Crippen LogP contribution is -2.38. The first-order chi connectivity index (χ1) is 18.9. The molecule has 6 rings (SSSR count). The van der Waals surface area contributed by atoms with E-state index < -0.39 is 0 Å². The van der Waals surface area contributed by atoms with E-state index in [2.05, 4.69) is 15.2 Å². The summed E-state index contributed by atoms with van der Waals surface area (Å²) in [5.41, 5.74) is 3.92. The highest BCUT2D eigenvalue weighted by atomic mass is 35.5. The van der Waals surface area contributed by atoms with Gasteiger partial charge in [-0.25, -0.2) is 9.07 Å². The van der Waals surface area contributed by atoms with Crippen LogP contribution in [0.5, 0.6) is 0 Å². The largest absolute Gasteiger partial charge is 0.466 e. The molecular weight excluding hydrogens is 542 g/mol. The number of halogens is 3. The van der Waals surface area contributed by atoms with Crippen LogP contribution in [0.1, 0.15) is 61.9 Å². The molecule has 10 heteroatoms. The lowest BCUT2D eigenvalue weighted by Gasteiger charge is -2.33. The first-order valence-corrected chi connectivity index (χ1v) is 14.4. The van der Waals surface area contributed by atoms with Gasteiger partial charge in [0.15, 0.2) is 0 Å². The number of aryl methyl sites for hydroxylation is 1. The van der Waals surface area contributed by atoms with Gasteiger partial charge in [-0.3, -0.25) is 4.79 Å². The molecule has 3 fully saturated rings. The van der Waals surface area contributed by atoms with E-state index in [1.165, 1.54) is 0 Å². The van der Waals surface area contributed by atoms with Gasteiger partial charge in [0.2, 0.25) is 0 Å². The Morgan fingerprint density at radius 1 is 1.15 bits per heavy atom. The van der Waals surface area contributed by atoms with Gasteiger partial charge in [-0.2, -0.15) is 0 Å². The number of nitrogens with zero attached hydrogens (tertiary/aromatic N) is 4. The van der Waals surface area contributed by atoms with Crippen LogP contribution in [-0.2, 0) is 27.3 Å². The van der Waals surface area contributed by atoms with E-state index in [1.54, 1.807) is 35.9 Å². The van der Waals surface area contributed by atoms with Crippen molar-refractivity contribution in [1.82, 2.24) is 15.0 Å². The number of piperidine rings is 1. The maximum atomic E-state index is 14.8. The van der Waals surface area contributed by atoms with E-state index in [4.69, 9.17) is 32.7 Å².